The fourth-order valence-corrected chi connectivity index (χ4v) is 0.765. The third-order valence-corrected chi connectivity index (χ3v) is 1.38. The predicted octanol–water partition coefficient (Wildman–Crippen LogP) is -0.0359. The zero-order chi connectivity index (χ0) is 11.8. The zero-order valence-corrected chi connectivity index (χ0v) is 9.40. The van der Waals surface area contributed by atoms with Crippen molar-refractivity contribution < 1.29 is 14.4 Å². The van der Waals surface area contributed by atoms with Crippen LogP contribution >= 0.6 is 0 Å². The second-order valence-corrected chi connectivity index (χ2v) is 3.45. The lowest BCUT2D eigenvalue weighted by atomic mass is 10.2. The van der Waals surface area contributed by atoms with Crippen LogP contribution in [0.15, 0.2) is 5.16 Å². The van der Waals surface area contributed by atoms with E-state index in [9.17, 15) is 4.79 Å². The van der Waals surface area contributed by atoms with Gasteiger partial charge in [-0.3, -0.25) is 4.79 Å². The van der Waals surface area contributed by atoms with Crippen molar-refractivity contribution >= 4 is 11.8 Å². The number of carbonyl (C=O) groups is 1. The highest BCUT2D eigenvalue weighted by atomic mass is 16.6. The number of hydrogen-bond donors (Lipinski definition) is 2. The van der Waals surface area contributed by atoms with Gasteiger partial charge in [0.2, 0.25) is 0 Å². The van der Waals surface area contributed by atoms with E-state index in [2.05, 4.69) is 5.16 Å². The Kier molecular flexibility index (Phi) is 6.44. The van der Waals surface area contributed by atoms with E-state index in [1.165, 1.54) is 0 Å². The standard InChI is InChI=1S/C9H19N3O3/c1-6(2)15-9(13)8(11)4-5-14-12-7(3)10/h6,8H,4-5,11H2,1-3H3,(H2,10,12)/t8-/m0/s1. The van der Waals surface area contributed by atoms with E-state index in [-0.39, 0.29) is 12.7 Å². The Hall–Kier alpha value is -1.30. The molecule has 0 saturated carbocycles. The Balaban J connectivity index is 3.69. The van der Waals surface area contributed by atoms with Crippen molar-refractivity contribution in [1.82, 2.24) is 0 Å². The topological polar surface area (TPSA) is 99.9 Å². The molecule has 0 saturated heterocycles. The lowest BCUT2D eigenvalue weighted by Gasteiger charge is -2.12. The number of carbonyl (C=O) groups excluding carboxylic acids is 1. The van der Waals surface area contributed by atoms with Crippen molar-refractivity contribution in [3.8, 4) is 0 Å². The van der Waals surface area contributed by atoms with Crippen LogP contribution in [-0.2, 0) is 14.4 Å². The molecule has 4 N–H and O–H groups in total. The fraction of sp³-hybridized carbons (Fsp3) is 0.778. The van der Waals surface area contributed by atoms with Gasteiger partial charge in [-0.15, -0.1) is 0 Å². The number of oxime groups is 1. The smallest absolute Gasteiger partial charge is 0.323 e. The maximum atomic E-state index is 11.2. The third-order valence-electron chi connectivity index (χ3n) is 1.38. The molecule has 0 aromatic heterocycles. The van der Waals surface area contributed by atoms with E-state index in [0.29, 0.717) is 12.3 Å². The van der Waals surface area contributed by atoms with E-state index in [1.54, 1.807) is 20.8 Å². The van der Waals surface area contributed by atoms with Crippen LogP contribution in [0.4, 0.5) is 0 Å². The summed E-state index contributed by atoms with van der Waals surface area (Å²) in [7, 11) is 0. The summed E-state index contributed by atoms with van der Waals surface area (Å²) in [5.41, 5.74) is 10.8. The second kappa shape index (κ2) is 7.05. The van der Waals surface area contributed by atoms with Crippen LogP contribution in [0.3, 0.4) is 0 Å². The van der Waals surface area contributed by atoms with Crippen LogP contribution in [0.5, 0.6) is 0 Å². The predicted molar refractivity (Wildman–Crippen MR) is 57.1 cm³/mol. The summed E-state index contributed by atoms with van der Waals surface area (Å²) in [6, 6.07) is -0.680. The number of esters is 1. The molecule has 6 heteroatoms. The third kappa shape index (κ3) is 7.75. The number of ether oxygens (including phenoxy) is 1. The van der Waals surface area contributed by atoms with Gasteiger partial charge in [0.1, 0.15) is 18.5 Å². The van der Waals surface area contributed by atoms with Gasteiger partial charge < -0.3 is 21.0 Å². The van der Waals surface area contributed by atoms with Crippen molar-refractivity contribution in [2.24, 2.45) is 16.6 Å². The van der Waals surface area contributed by atoms with E-state index >= 15 is 0 Å². The Labute approximate surface area is 89.6 Å². The lowest BCUT2D eigenvalue weighted by Crippen LogP contribution is -2.34. The van der Waals surface area contributed by atoms with Crippen molar-refractivity contribution in [3.05, 3.63) is 0 Å². The first kappa shape index (κ1) is 13.7. The molecule has 0 fully saturated rings. The normalized spacial score (nSPS) is 13.8. The number of rotatable bonds is 6. The Morgan fingerprint density at radius 3 is 2.53 bits per heavy atom. The van der Waals surface area contributed by atoms with Crippen LogP contribution in [0.2, 0.25) is 0 Å². The summed E-state index contributed by atoms with van der Waals surface area (Å²) in [5, 5.41) is 3.50. The molecule has 0 aliphatic carbocycles. The molecule has 0 aromatic carbocycles. The molecule has 15 heavy (non-hydrogen) atoms. The molecule has 0 aliphatic heterocycles. The number of nitrogens with two attached hydrogens (primary N) is 2. The van der Waals surface area contributed by atoms with Crippen molar-refractivity contribution in [2.45, 2.75) is 39.3 Å². The summed E-state index contributed by atoms with van der Waals surface area (Å²) in [5.74, 6) is -0.102. The zero-order valence-electron chi connectivity index (χ0n) is 9.40. The van der Waals surface area contributed by atoms with Crippen molar-refractivity contribution in [3.63, 3.8) is 0 Å². The Morgan fingerprint density at radius 1 is 1.47 bits per heavy atom. The average molecular weight is 217 g/mol. The van der Waals surface area contributed by atoms with Crippen LogP contribution in [0.1, 0.15) is 27.2 Å². The summed E-state index contributed by atoms with van der Waals surface area (Å²) >= 11 is 0. The minimum Gasteiger partial charge on any atom is -0.462 e. The molecule has 1 atom stereocenters. The van der Waals surface area contributed by atoms with Gasteiger partial charge in [-0.25, -0.2) is 0 Å². The molecular formula is C9H19N3O3. The van der Waals surface area contributed by atoms with Crippen LogP contribution in [0, 0.1) is 0 Å². The number of amidine groups is 1. The van der Waals surface area contributed by atoms with Crippen LogP contribution in [0.25, 0.3) is 0 Å². The molecular weight excluding hydrogens is 198 g/mol. The molecule has 6 nitrogen and oxygen atoms in total. The average Bonchev–Trinajstić information content (AvgIpc) is 2.10. The first-order valence-corrected chi connectivity index (χ1v) is 4.81. The molecule has 0 aromatic rings. The van der Waals surface area contributed by atoms with Gasteiger partial charge in [-0.1, -0.05) is 5.16 Å². The molecule has 0 unspecified atom stereocenters. The van der Waals surface area contributed by atoms with E-state index in [0.717, 1.165) is 0 Å². The highest BCUT2D eigenvalue weighted by molar-refractivity contribution is 5.76. The van der Waals surface area contributed by atoms with Gasteiger partial charge in [0.25, 0.3) is 0 Å². The maximum absolute atomic E-state index is 11.2. The summed E-state index contributed by atoms with van der Waals surface area (Å²) in [6.07, 6.45) is 0.191. The fourth-order valence-electron chi connectivity index (χ4n) is 0.765. The molecule has 88 valence electrons. The number of hydrogen-bond acceptors (Lipinski definition) is 5. The first-order chi connectivity index (χ1) is 6.93. The van der Waals surface area contributed by atoms with Crippen LogP contribution in [-0.4, -0.2) is 30.6 Å². The van der Waals surface area contributed by atoms with E-state index in [1.807, 2.05) is 0 Å². The molecule has 0 heterocycles. The Morgan fingerprint density at radius 2 is 2.07 bits per heavy atom. The highest BCUT2D eigenvalue weighted by Gasteiger charge is 2.15. The van der Waals surface area contributed by atoms with Crippen molar-refractivity contribution in [2.75, 3.05) is 6.61 Å². The molecule has 0 bridgehead atoms. The molecule has 0 spiro atoms. The largest absolute Gasteiger partial charge is 0.462 e. The number of nitrogens with zero attached hydrogens (tertiary/aromatic N) is 1. The maximum Gasteiger partial charge on any atom is 0.323 e. The lowest BCUT2D eigenvalue weighted by molar-refractivity contribution is -0.149. The minimum atomic E-state index is -0.680. The monoisotopic (exact) mass is 217 g/mol. The van der Waals surface area contributed by atoms with Gasteiger partial charge >= 0.3 is 5.97 Å². The Bertz CT molecular complexity index is 225. The van der Waals surface area contributed by atoms with Crippen LogP contribution < -0.4 is 11.5 Å². The van der Waals surface area contributed by atoms with Gasteiger partial charge in [0.15, 0.2) is 0 Å². The first-order valence-electron chi connectivity index (χ1n) is 4.81. The van der Waals surface area contributed by atoms with Gasteiger partial charge in [0, 0.05) is 6.42 Å². The van der Waals surface area contributed by atoms with E-state index < -0.39 is 12.0 Å². The summed E-state index contributed by atoms with van der Waals surface area (Å²) in [4.78, 5) is 16.0. The summed E-state index contributed by atoms with van der Waals surface area (Å²) in [6.45, 7) is 5.38. The SMILES string of the molecule is C/C(N)=N/OCC[C@H](N)C(=O)OC(C)C. The van der Waals surface area contributed by atoms with Gasteiger partial charge in [-0.05, 0) is 20.8 Å². The molecule has 0 aliphatic rings. The van der Waals surface area contributed by atoms with E-state index in [4.69, 9.17) is 21.0 Å². The molecule has 0 rings (SSSR count). The van der Waals surface area contributed by atoms with Crippen molar-refractivity contribution in [1.29, 1.82) is 0 Å². The molecule has 0 radical (unpaired) electrons. The minimum absolute atomic E-state index is 0.159. The second-order valence-electron chi connectivity index (χ2n) is 3.45. The van der Waals surface area contributed by atoms with Gasteiger partial charge in [-0.2, -0.15) is 0 Å². The summed E-state index contributed by atoms with van der Waals surface area (Å²) < 4.78 is 4.91. The van der Waals surface area contributed by atoms with Gasteiger partial charge in [0.05, 0.1) is 6.10 Å². The quantitative estimate of drug-likeness (QED) is 0.214. The molecule has 0 amide bonds. The highest BCUT2D eigenvalue weighted by Crippen LogP contribution is 1.97.